The van der Waals surface area contributed by atoms with Gasteiger partial charge in [-0.3, -0.25) is 9.59 Å². The second-order valence-corrected chi connectivity index (χ2v) is 5.01. The molecular weight excluding hydrogens is 254 g/mol. The third kappa shape index (κ3) is 2.64. The minimum atomic E-state index is -0.635. The third-order valence-electron chi connectivity index (χ3n) is 3.43. The molecule has 0 saturated heterocycles. The van der Waals surface area contributed by atoms with Crippen LogP contribution in [0.5, 0.6) is 0 Å². The number of benzene rings is 1. The number of fused-ring (bicyclic) bond motifs is 1. The van der Waals surface area contributed by atoms with E-state index >= 15 is 0 Å². The average Bonchev–Trinajstić information content (AvgIpc) is 2.73. The van der Waals surface area contributed by atoms with Crippen LogP contribution < -0.4 is 10.2 Å². The van der Waals surface area contributed by atoms with Gasteiger partial charge in [0.05, 0.1) is 6.07 Å². The van der Waals surface area contributed by atoms with Gasteiger partial charge in [-0.2, -0.15) is 5.26 Å². The highest BCUT2D eigenvalue weighted by atomic mass is 16.2. The van der Waals surface area contributed by atoms with Crippen LogP contribution >= 0.6 is 0 Å². The molecule has 5 nitrogen and oxygen atoms in total. The summed E-state index contributed by atoms with van der Waals surface area (Å²) in [6.45, 7) is 3.63. The normalized spacial score (nSPS) is 18.1. The van der Waals surface area contributed by atoms with Crippen molar-refractivity contribution < 1.29 is 9.59 Å². The number of carbonyl (C=O) groups excluding carboxylic acids is 2. The molecule has 0 unspecified atom stereocenters. The van der Waals surface area contributed by atoms with Gasteiger partial charge in [0, 0.05) is 11.7 Å². The molecule has 5 heteroatoms. The fraction of sp³-hybridized carbons (Fsp3) is 0.400. The predicted octanol–water partition coefficient (Wildman–Crippen LogP) is 1.38. The van der Waals surface area contributed by atoms with E-state index < -0.39 is 11.9 Å². The van der Waals surface area contributed by atoms with Crippen molar-refractivity contribution in [1.82, 2.24) is 5.32 Å². The fourth-order valence-corrected chi connectivity index (χ4v) is 2.54. The number of nitrogens with zero attached hydrogens (tertiary/aromatic N) is 2. The number of hydrogen-bond acceptors (Lipinski definition) is 3. The SMILES string of the molecule is C[C@H](NC(=O)CC#N)C(=O)N1c2ccccc2C[C@H]1C. The average molecular weight is 271 g/mol. The number of carbonyl (C=O) groups is 2. The first kappa shape index (κ1) is 14.1. The molecule has 2 amide bonds. The quantitative estimate of drug-likeness (QED) is 0.902. The molecule has 0 aromatic heterocycles. The van der Waals surface area contributed by atoms with Crippen LogP contribution in [0.3, 0.4) is 0 Å². The van der Waals surface area contributed by atoms with Crippen LogP contribution in [0.2, 0.25) is 0 Å². The van der Waals surface area contributed by atoms with Gasteiger partial charge in [-0.1, -0.05) is 18.2 Å². The summed E-state index contributed by atoms with van der Waals surface area (Å²) in [5.41, 5.74) is 2.05. The maximum absolute atomic E-state index is 12.5. The highest BCUT2D eigenvalue weighted by Gasteiger charge is 2.33. The minimum absolute atomic E-state index is 0.0789. The smallest absolute Gasteiger partial charge is 0.249 e. The number of nitrogens with one attached hydrogen (secondary N) is 1. The van der Waals surface area contributed by atoms with Gasteiger partial charge in [-0.25, -0.2) is 0 Å². The van der Waals surface area contributed by atoms with Gasteiger partial charge >= 0.3 is 0 Å². The number of anilines is 1. The van der Waals surface area contributed by atoms with Crippen molar-refractivity contribution in [2.24, 2.45) is 0 Å². The van der Waals surface area contributed by atoms with E-state index in [1.165, 1.54) is 0 Å². The van der Waals surface area contributed by atoms with Crippen molar-refractivity contribution in [3.63, 3.8) is 0 Å². The van der Waals surface area contributed by atoms with E-state index in [9.17, 15) is 9.59 Å². The summed E-state index contributed by atoms with van der Waals surface area (Å²) >= 11 is 0. The Morgan fingerprint density at radius 3 is 2.90 bits per heavy atom. The Kier molecular flexibility index (Phi) is 4.04. The van der Waals surface area contributed by atoms with Gasteiger partial charge in [0.15, 0.2) is 0 Å². The standard InChI is InChI=1S/C15H17N3O2/c1-10-9-12-5-3-4-6-13(12)18(10)15(20)11(2)17-14(19)7-8-16/h3-6,10-11H,7,9H2,1-2H3,(H,17,19)/t10-,11+/m1/s1. The highest BCUT2D eigenvalue weighted by Crippen LogP contribution is 2.32. The number of hydrogen-bond donors (Lipinski definition) is 1. The first-order chi connectivity index (χ1) is 9.54. The van der Waals surface area contributed by atoms with Crippen LogP contribution in [-0.2, 0) is 16.0 Å². The first-order valence-electron chi connectivity index (χ1n) is 6.62. The Morgan fingerprint density at radius 1 is 1.50 bits per heavy atom. The molecule has 1 aliphatic rings. The molecular formula is C15H17N3O2. The van der Waals surface area contributed by atoms with Crippen molar-refractivity contribution in [3.8, 4) is 6.07 Å². The molecule has 1 aromatic rings. The molecule has 0 spiro atoms. The molecule has 0 bridgehead atoms. The zero-order valence-electron chi connectivity index (χ0n) is 11.6. The Balaban J connectivity index is 2.13. The Labute approximate surface area is 118 Å². The number of nitriles is 1. The van der Waals surface area contributed by atoms with Gasteiger partial charge in [0.1, 0.15) is 12.5 Å². The van der Waals surface area contributed by atoms with Crippen LogP contribution in [0.4, 0.5) is 5.69 Å². The predicted molar refractivity (Wildman–Crippen MR) is 74.9 cm³/mol. The van der Waals surface area contributed by atoms with E-state index in [4.69, 9.17) is 5.26 Å². The lowest BCUT2D eigenvalue weighted by Crippen LogP contribution is -2.48. The van der Waals surface area contributed by atoms with Gasteiger partial charge in [-0.15, -0.1) is 0 Å². The summed E-state index contributed by atoms with van der Waals surface area (Å²) in [4.78, 5) is 25.6. The summed E-state index contributed by atoms with van der Waals surface area (Å²) in [5, 5.41) is 11.0. The summed E-state index contributed by atoms with van der Waals surface area (Å²) in [6, 6.07) is 9.00. The van der Waals surface area contributed by atoms with E-state index in [0.29, 0.717) is 0 Å². The largest absolute Gasteiger partial charge is 0.344 e. The Bertz CT molecular complexity index is 577. The van der Waals surface area contributed by atoms with Crippen LogP contribution in [-0.4, -0.2) is 23.9 Å². The summed E-state index contributed by atoms with van der Waals surface area (Å²) in [5.74, 6) is -0.567. The van der Waals surface area contributed by atoms with Gasteiger partial charge in [-0.05, 0) is 31.9 Å². The lowest BCUT2D eigenvalue weighted by molar-refractivity contribution is -0.126. The molecule has 2 atom stereocenters. The van der Waals surface area contributed by atoms with E-state index in [0.717, 1.165) is 17.7 Å². The molecule has 0 saturated carbocycles. The number of para-hydroxylation sites is 1. The van der Waals surface area contributed by atoms with Gasteiger partial charge in [0.2, 0.25) is 11.8 Å². The van der Waals surface area contributed by atoms with E-state index in [2.05, 4.69) is 5.32 Å². The first-order valence-corrected chi connectivity index (χ1v) is 6.62. The second kappa shape index (κ2) is 5.74. The van der Waals surface area contributed by atoms with Gasteiger partial charge < -0.3 is 10.2 Å². The van der Waals surface area contributed by atoms with Crippen molar-refractivity contribution in [3.05, 3.63) is 29.8 Å². The van der Waals surface area contributed by atoms with Crippen LogP contribution in [0.1, 0.15) is 25.8 Å². The van der Waals surface area contributed by atoms with Crippen LogP contribution in [0.25, 0.3) is 0 Å². The molecule has 1 heterocycles. The van der Waals surface area contributed by atoms with E-state index in [1.54, 1.807) is 17.9 Å². The number of rotatable bonds is 3. The fourth-order valence-electron chi connectivity index (χ4n) is 2.54. The Morgan fingerprint density at radius 2 is 2.20 bits per heavy atom. The van der Waals surface area contributed by atoms with Crippen molar-refractivity contribution in [2.45, 2.75) is 38.8 Å². The molecule has 0 radical (unpaired) electrons. The molecule has 2 rings (SSSR count). The Hall–Kier alpha value is -2.35. The molecule has 1 aliphatic heterocycles. The maximum atomic E-state index is 12.5. The van der Waals surface area contributed by atoms with Crippen LogP contribution in [0.15, 0.2) is 24.3 Å². The molecule has 1 N–H and O–H groups in total. The molecule has 20 heavy (non-hydrogen) atoms. The minimum Gasteiger partial charge on any atom is -0.344 e. The van der Waals surface area contributed by atoms with Crippen molar-refractivity contribution >= 4 is 17.5 Å². The summed E-state index contributed by atoms with van der Waals surface area (Å²) in [6.07, 6.45) is 0.588. The second-order valence-electron chi connectivity index (χ2n) is 5.01. The molecule has 1 aromatic carbocycles. The third-order valence-corrected chi connectivity index (χ3v) is 3.43. The maximum Gasteiger partial charge on any atom is 0.249 e. The lowest BCUT2D eigenvalue weighted by Gasteiger charge is -2.26. The molecule has 0 fully saturated rings. The molecule has 104 valence electrons. The topological polar surface area (TPSA) is 73.2 Å². The number of amides is 2. The molecule has 0 aliphatic carbocycles. The van der Waals surface area contributed by atoms with E-state index in [1.807, 2.05) is 31.2 Å². The highest BCUT2D eigenvalue weighted by molar-refractivity contribution is 6.01. The zero-order valence-corrected chi connectivity index (χ0v) is 11.6. The van der Waals surface area contributed by atoms with Crippen molar-refractivity contribution in [1.29, 1.82) is 5.26 Å². The summed E-state index contributed by atoms with van der Waals surface area (Å²) < 4.78 is 0. The van der Waals surface area contributed by atoms with Gasteiger partial charge in [0.25, 0.3) is 0 Å². The zero-order chi connectivity index (χ0) is 14.7. The van der Waals surface area contributed by atoms with Crippen LogP contribution in [0, 0.1) is 11.3 Å². The van der Waals surface area contributed by atoms with E-state index in [-0.39, 0.29) is 18.4 Å². The summed E-state index contributed by atoms with van der Waals surface area (Å²) in [7, 11) is 0. The van der Waals surface area contributed by atoms with Crippen molar-refractivity contribution in [2.75, 3.05) is 4.90 Å². The lowest BCUT2D eigenvalue weighted by atomic mass is 10.1. The monoisotopic (exact) mass is 271 g/mol.